The van der Waals surface area contributed by atoms with Gasteiger partial charge in [0.05, 0.1) is 12.1 Å². The van der Waals surface area contributed by atoms with Gasteiger partial charge < -0.3 is 4.90 Å². The predicted molar refractivity (Wildman–Crippen MR) is 103 cm³/mol. The van der Waals surface area contributed by atoms with Crippen LogP contribution in [-0.2, 0) is 16.6 Å². The Balaban J connectivity index is 1.54. The number of nitrogens with one attached hydrogen (secondary N) is 1. The van der Waals surface area contributed by atoms with Crippen molar-refractivity contribution >= 4 is 17.2 Å². The van der Waals surface area contributed by atoms with Crippen LogP contribution in [0.4, 0.5) is 10.1 Å². The Morgan fingerprint density at radius 3 is 2.86 bits per heavy atom. The number of rotatable bonds is 2. The number of carbonyl (C=O) groups is 1. The molecule has 2 aromatic heterocycles. The van der Waals surface area contributed by atoms with Gasteiger partial charge in [-0.3, -0.25) is 14.7 Å². The van der Waals surface area contributed by atoms with E-state index in [1.54, 1.807) is 30.2 Å². The minimum atomic E-state index is -0.290. The molecule has 1 saturated carbocycles. The lowest BCUT2D eigenvalue weighted by atomic mass is 9.80. The lowest BCUT2D eigenvalue weighted by Gasteiger charge is -2.25. The number of aromatic nitrogens is 3. The van der Waals surface area contributed by atoms with Crippen molar-refractivity contribution in [2.24, 2.45) is 0 Å². The Labute approximate surface area is 161 Å². The number of anilines is 1. The molecule has 7 heteroatoms. The summed E-state index contributed by atoms with van der Waals surface area (Å²) in [5, 5.41) is 2.83. The highest BCUT2D eigenvalue weighted by Gasteiger charge is 2.47. The molecule has 5 rings (SSSR count). The molecule has 0 radical (unpaired) electrons. The Hall–Kier alpha value is -2.96. The smallest absolute Gasteiger partial charge is 0.276 e. The van der Waals surface area contributed by atoms with E-state index in [1.807, 2.05) is 6.07 Å². The number of hydrogen-bond donors (Lipinski definition) is 1. The van der Waals surface area contributed by atoms with Gasteiger partial charge in [0.15, 0.2) is 5.65 Å². The molecule has 0 saturated heterocycles. The van der Waals surface area contributed by atoms with Gasteiger partial charge in [-0.2, -0.15) is 0 Å². The van der Waals surface area contributed by atoms with Crippen molar-refractivity contribution in [2.75, 3.05) is 11.4 Å². The summed E-state index contributed by atoms with van der Waals surface area (Å²) in [4.78, 5) is 32.1. The van der Waals surface area contributed by atoms with Crippen LogP contribution in [0.1, 0.15) is 42.5 Å². The van der Waals surface area contributed by atoms with Gasteiger partial charge in [-0.15, -0.1) is 0 Å². The van der Waals surface area contributed by atoms with E-state index in [0.717, 1.165) is 25.7 Å². The largest absolute Gasteiger partial charge is 0.311 e. The van der Waals surface area contributed by atoms with E-state index >= 15 is 0 Å². The first-order valence-electron chi connectivity index (χ1n) is 9.65. The van der Waals surface area contributed by atoms with Gasteiger partial charge in [0.2, 0.25) is 5.91 Å². The van der Waals surface area contributed by atoms with Gasteiger partial charge in [0.1, 0.15) is 5.82 Å². The summed E-state index contributed by atoms with van der Waals surface area (Å²) in [5.41, 5.74) is 2.21. The standard InChI is InChI=1S/C21H21FN4O2/c1-13-14(20(28)26-17(24-13)7-10-23-26)11-18(27)25-12-21(8-2-3-9-21)19-15(22)5-4-6-16(19)25/h4-7,10,23H,2-3,8-9,11-12H2,1H3. The summed E-state index contributed by atoms with van der Waals surface area (Å²) >= 11 is 0. The summed E-state index contributed by atoms with van der Waals surface area (Å²) in [6.07, 6.45) is 5.46. The maximum absolute atomic E-state index is 14.7. The fourth-order valence-corrected chi connectivity index (χ4v) is 4.97. The van der Waals surface area contributed by atoms with Crippen molar-refractivity contribution in [3.05, 3.63) is 63.5 Å². The fourth-order valence-electron chi connectivity index (χ4n) is 4.97. The van der Waals surface area contributed by atoms with Crippen molar-refractivity contribution in [3.63, 3.8) is 0 Å². The van der Waals surface area contributed by atoms with E-state index in [9.17, 15) is 14.0 Å². The predicted octanol–water partition coefficient (Wildman–Crippen LogP) is 2.87. The van der Waals surface area contributed by atoms with E-state index < -0.39 is 0 Å². The number of carbonyl (C=O) groups excluding carboxylic acids is 1. The number of H-pyrrole nitrogens is 1. The van der Waals surface area contributed by atoms with Crippen LogP contribution in [-0.4, -0.2) is 27.0 Å². The third kappa shape index (κ3) is 2.35. The first kappa shape index (κ1) is 17.2. The van der Waals surface area contributed by atoms with E-state index in [-0.39, 0.29) is 29.1 Å². The summed E-state index contributed by atoms with van der Waals surface area (Å²) in [6.45, 7) is 2.23. The topological polar surface area (TPSA) is 70.5 Å². The molecule has 1 aromatic carbocycles. The fraction of sp³-hybridized carbons (Fsp3) is 0.381. The number of aryl methyl sites for hydroxylation is 1. The van der Waals surface area contributed by atoms with Crippen LogP contribution >= 0.6 is 0 Å². The van der Waals surface area contributed by atoms with E-state index in [4.69, 9.17) is 0 Å². The first-order valence-corrected chi connectivity index (χ1v) is 9.65. The van der Waals surface area contributed by atoms with E-state index in [0.29, 0.717) is 34.7 Å². The number of halogens is 1. The zero-order chi connectivity index (χ0) is 19.5. The number of fused-ring (bicyclic) bond motifs is 3. The monoisotopic (exact) mass is 380 g/mol. The Bertz CT molecular complexity index is 1160. The second kappa shape index (κ2) is 6.02. The molecule has 1 N–H and O–H groups in total. The van der Waals surface area contributed by atoms with Crippen LogP contribution in [0.5, 0.6) is 0 Å². The third-order valence-electron chi connectivity index (χ3n) is 6.31. The Morgan fingerprint density at radius 2 is 2.07 bits per heavy atom. The minimum absolute atomic E-state index is 0.0499. The molecule has 6 nitrogen and oxygen atoms in total. The molecule has 0 unspecified atom stereocenters. The van der Waals surface area contributed by atoms with Crippen LogP contribution in [0.15, 0.2) is 35.3 Å². The summed E-state index contributed by atoms with van der Waals surface area (Å²) in [7, 11) is 0. The maximum Gasteiger partial charge on any atom is 0.276 e. The van der Waals surface area contributed by atoms with Crippen molar-refractivity contribution < 1.29 is 9.18 Å². The van der Waals surface area contributed by atoms with E-state index in [2.05, 4.69) is 10.1 Å². The molecule has 144 valence electrons. The van der Waals surface area contributed by atoms with Crippen LogP contribution in [0.3, 0.4) is 0 Å². The molecule has 1 amide bonds. The average molecular weight is 380 g/mol. The number of amides is 1. The van der Waals surface area contributed by atoms with Gasteiger partial charge in [0.25, 0.3) is 5.56 Å². The van der Waals surface area contributed by atoms with Gasteiger partial charge in [-0.05, 0) is 31.9 Å². The average Bonchev–Trinajstić information content (AvgIpc) is 3.39. The molecule has 28 heavy (non-hydrogen) atoms. The third-order valence-corrected chi connectivity index (χ3v) is 6.31. The van der Waals surface area contributed by atoms with Crippen molar-refractivity contribution in [1.29, 1.82) is 0 Å². The summed E-state index contributed by atoms with van der Waals surface area (Å²) in [6, 6.07) is 6.65. The molecular weight excluding hydrogens is 359 g/mol. The molecular formula is C21H21FN4O2. The van der Waals surface area contributed by atoms with Gasteiger partial charge >= 0.3 is 0 Å². The second-order valence-electron chi connectivity index (χ2n) is 7.92. The molecule has 0 atom stereocenters. The molecule has 3 heterocycles. The SMILES string of the molecule is Cc1nc2cc[nH]n2c(=O)c1CC(=O)N1CC2(CCCC2)c2c(F)cccc21. The van der Waals surface area contributed by atoms with Gasteiger partial charge in [-0.1, -0.05) is 18.9 Å². The lowest BCUT2D eigenvalue weighted by molar-refractivity contribution is -0.118. The van der Waals surface area contributed by atoms with Crippen molar-refractivity contribution in [3.8, 4) is 0 Å². The summed E-state index contributed by atoms with van der Waals surface area (Å²) < 4.78 is 16.1. The van der Waals surface area contributed by atoms with Gasteiger partial charge in [0, 0.05) is 41.0 Å². The van der Waals surface area contributed by atoms with Crippen molar-refractivity contribution in [2.45, 2.75) is 44.4 Å². The molecule has 1 aliphatic carbocycles. The molecule has 3 aromatic rings. The molecule has 1 spiro atoms. The van der Waals surface area contributed by atoms with Crippen LogP contribution in [0.25, 0.3) is 5.65 Å². The Kier molecular flexibility index (Phi) is 3.69. The lowest BCUT2D eigenvalue weighted by Crippen LogP contribution is -2.38. The number of aromatic amines is 1. The quantitative estimate of drug-likeness (QED) is 0.743. The zero-order valence-corrected chi connectivity index (χ0v) is 15.7. The highest BCUT2D eigenvalue weighted by atomic mass is 19.1. The number of benzene rings is 1. The maximum atomic E-state index is 14.7. The minimum Gasteiger partial charge on any atom is -0.311 e. The normalized spacial score (nSPS) is 17.6. The molecule has 0 bridgehead atoms. The number of hydrogen-bond acceptors (Lipinski definition) is 3. The van der Waals surface area contributed by atoms with Crippen molar-refractivity contribution in [1.82, 2.24) is 14.6 Å². The Morgan fingerprint density at radius 1 is 1.29 bits per heavy atom. The second-order valence-corrected chi connectivity index (χ2v) is 7.92. The van der Waals surface area contributed by atoms with E-state index in [1.165, 1.54) is 10.6 Å². The van der Waals surface area contributed by atoms with Crippen LogP contribution in [0.2, 0.25) is 0 Å². The molecule has 1 aliphatic heterocycles. The van der Waals surface area contributed by atoms with Gasteiger partial charge in [-0.25, -0.2) is 13.9 Å². The number of nitrogens with zero attached hydrogens (tertiary/aromatic N) is 3. The first-order chi connectivity index (χ1) is 13.5. The molecule has 2 aliphatic rings. The molecule has 1 fully saturated rings. The zero-order valence-electron chi connectivity index (χ0n) is 15.7. The highest BCUT2D eigenvalue weighted by molar-refractivity contribution is 5.97. The van der Waals surface area contributed by atoms with Crippen LogP contribution in [0, 0.1) is 12.7 Å². The highest BCUT2D eigenvalue weighted by Crippen LogP contribution is 2.51. The van der Waals surface area contributed by atoms with Crippen LogP contribution < -0.4 is 10.5 Å². The summed E-state index contributed by atoms with van der Waals surface area (Å²) in [5.74, 6) is -0.426.